The summed E-state index contributed by atoms with van der Waals surface area (Å²) in [5.74, 6) is 0. The molecule has 0 N–H and O–H groups in total. The number of aromatic nitrogens is 2. The van der Waals surface area contributed by atoms with Gasteiger partial charge in [0.15, 0.2) is 0 Å². The van der Waals surface area contributed by atoms with Crippen molar-refractivity contribution < 1.29 is 4.84 Å². The minimum atomic E-state index is 0.532. The van der Waals surface area contributed by atoms with Gasteiger partial charge in [-0.3, -0.25) is 0 Å². The quantitative estimate of drug-likeness (QED) is 0.286. The maximum atomic E-state index is 5.43. The fourth-order valence-electron chi connectivity index (χ4n) is 2.35. The molecular weight excluding hydrogens is 286 g/mol. The van der Waals surface area contributed by atoms with Gasteiger partial charge >= 0.3 is 0 Å². The number of fused-ring (bicyclic) bond motifs is 1. The van der Waals surface area contributed by atoms with Gasteiger partial charge in [-0.15, -0.1) is 6.58 Å². The van der Waals surface area contributed by atoms with Gasteiger partial charge in [0.05, 0.1) is 12.9 Å². The van der Waals surface area contributed by atoms with E-state index < -0.39 is 0 Å². The Balaban J connectivity index is 1.89. The Bertz CT molecular complexity index is 806. The molecule has 0 aliphatic heterocycles. The molecule has 0 atom stereocenters. The molecule has 1 heterocycles. The van der Waals surface area contributed by atoms with E-state index >= 15 is 0 Å². The molecule has 4 heteroatoms. The summed E-state index contributed by atoms with van der Waals surface area (Å²) < 4.78 is 1.98. The van der Waals surface area contributed by atoms with E-state index in [1.165, 1.54) is 10.8 Å². The molecule has 0 spiro atoms. The van der Waals surface area contributed by atoms with Crippen LogP contribution in [0.5, 0.6) is 0 Å². The highest BCUT2D eigenvalue weighted by Crippen LogP contribution is 2.17. The normalized spacial score (nSPS) is 11.6. The van der Waals surface area contributed by atoms with Crippen LogP contribution in [-0.4, -0.2) is 21.9 Å². The summed E-state index contributed by atoms with van der Waals surface area (Å²) in [6.07, 6.45) is 8.05. The number of rotatable bonds is 7. The molecule has 0 radical (unpaired) electrons. The third-order valence-corrected chi connectivity index (χ3v) is 3.56. The first-order valence-electron chi connectivity index (χ1n) is 7.61. The molecule has 0 aliphatic carbocycles. The molecule has 2 aromatic carbocycles. The summed E-state index contributed by atoms with van der Waals surface area (Å²) in [6, 6.07) is 14.6. The van der Waals surface area contributed by atoms with Gasteiger partial charge in [-0.1, -0.05) is 47.6 Å². The highest BCUT2D eigenvalue weighted by atomic mass is 16.6. The molecule has 0 unspecified atom stereocenters. The number of imidazole rings is 1. The van der Waals surface area contributed by atoms with Crippen LogP contribution in [0.2, 0.25) is 0 Å². The molecule has 116 valence electrons. The number of benzene rings is 2. The maximum absolute atomic E-state index is 5.43. The zero-order valence-electron chi connectivity index (χ0n) is 12.9. The Morgan fingerprint density at radius 2 is 2.09 bits per heavy atom. The second kappa shape index (κ2) is 7.40. The molecule has 0 saturated carbocycles. The van der Waals surface area contributed by atoms with Crippen molar-refractivity contribution in [3.63, 3.8) is 0 Å². The van der Waals surface area contributed by atoms with E-state index in [0.29, 0.717) is 13.2 Å². The third kappa shape index (κ3) is 3.86. The second-order valence-corrected chi connectivity index (χ2v) is 5.25. The fourth-order valence-corrected chi connectivity index (χ4v) is 2.35. The second-order valence-electron chi connectivity index (χ2n) is 5.25. The van der Waals surface area contributed by atoms with Crippen molar-refractivity contribution in [2.75, 3.05) is 6.61 Å². The minimum absolute atomic E-state index is 0.532. The zero-order chi connectivity index (χ0) is 15.9. The van der Waals surface area contributed by atoms with Gasteiger partial charge in [-0.05, 0) is 16.8 Å². The van der Waals surface area contributed by atoms with Gasteiger partial charge in [0.25, 0.3) is 0 Å². The molecule has 0 bridgehead atoms. The van der Waals surface area contributed by atoms with Crippen LogP contribution in [0.4, 0.5) is 0 Å². The van der Waals surface area contributed by atoms with Gasteiger partial charge in [0.2, 0.25) is 0 Å². The summed E-state index contributed by atoms with van der Waals surface area (Å²) in [5, 5.41) is 6.74. The Morgan fingerprint density at radius 3 is 2.87 bits per heavy atom. The fraction of sp³-hybridized carbons (Fsp3) is 0.158. The average Bonchev–Trinajstić information content (AvgIpc) is 3.10. The van der Waals surface area contributed by atoms with Gasteiger partial charge in [0.1, 0.15) is 12.3 Å². The first kappa shape index (κ1) is 15.0. The summed E-state index contributed by atoms with van der Waals surface area (Å²) in [7, 11) is 0. The summed E-state index contributed by atoms with van der Waals surface area (Å²) >= 11 is 0. The zero-order valence-corrected chi connectivity index (χ0v) is 12.9. The first-order chi connectivity index (χ1) is 11.4. The van der Waals surface area contributed by atoms with E-state index in [4.69, 9.17) is 4.84 Å². The number of hydrogen-bond donors (Lipinski definition) is 0. The smallest absolute Gasteiger partial charge is 0.120 e. The van der Waals surface area contributed by atoms with Crippen LogP contribution in [0.25, 0.3) is 10.8 Å². The van der Waals surface area contributed by atoms with Crippen LogP contribution in [0, 0.1) is 0 Å². The molecule has 0 saturated heterocycles. The van der Waals surface area contributed by atoms with Crippen molar-refractivity contribution in [1.82, 2.24) is 9.55 Å². The summed E-state index contributed by atoms with van der Waals surface area (Å²) in [5.41, 5.74) is 1.92. The molecule has 3 rings (SSSR count). The number of oxime groups is 1. The van der Waals surface area contributed by atoms with E-state index in [0.717, 1.165) is 17.7 Å². The van der Waals surface area contributed by atoms with E-state index in [1.54, 1.807) is 12.5 Å². The van der Waals surface area contributed by atoms with E-state index in [2.05, 4.69) is 47.1 Å². The number of nitrogens with zero attached hydrogens (tertiary/aromatic N) is 3. The molecule has 0 fully saturated rings. The Morgan fingerprint density at radius 1 is 1.22 bits per heavy atom. The van der Waals surface area contributed by atoms with Crippen molar-refractivity contribution in [1.29, 1.82) is 0 Å². The van der Waals surface area contributed by atoms with E-state index in [9.17, 15) is 0 Å². The van der Waals surface area contributed by atoms with Crippen molar-refractivity contribution in [2.24, 2.45) is 5.16 Å². The van der Waals surface area contributed by atoms with Crippen molar-refractivity contribution in [3.05, 3.63) is 79.4 Å². The molecule has 0 amide bonds. The van der Waals surface area contributed by atoms with Gasteiger partial charge in [-0.2, -0.15) is 0 Å². The van der Waals surface area contributed by atoms with Crippen LogP contribution in [0.15, 0.2) is 79.0 Å². The van der Waals surface area contributed by atoms with Crippen molar-refractivity contribution >= 4 is 16.5 Å². The van der Waals surface area contributed by atoms with Crippen LogP contribution in [-0.2, 0) is 11.4 Å². The third-order valence-electron chi connectivity index (χ3n) is 3.56. The Labute approximate surface area is 135 Å². The lowest BCUT2D eigenvalue weighted by Crippen LogP contribution is -2.11. The van der Waals surface area contributed by atoms with Gasteiger partial charge in [0, 0.05) is 24.4 Å². The Kier molecular flexibility index (Phi) is 4.84. The van der Waals surface area contributed by atoms with Gasteiger partial charge in [-0.25, -0.2) is 4.98 Å². The highest BCUT2D eigenvalue weighted by Gasteiger charge is 2.07. The lowest BCUT2D eigenvalue weighted by Gasteiger charge is -2.09. The molecular formula is C19H19N3O. The van der Waals surface area contributed by atoms with E-state index in [1.807, 2.05) is 29.0 Å². The average molecular weight is 305 g/mol. The minimum Gasteiger partial charge on any atom is -0.395 e. The summed E-state index contributed by atoms with van der Waals surface area (Å²) in [6.45, 7) is 4.84. The predicted molar refractivity (Wildman–Crippen MR) is 93.5 cm³/mol. The molecule has 1 aromatic heterocycles. The van der Waals surface area contributed by atoms with E-state index in [-0.39, 0.29) is 0 Å². The highest BCUT2D eigenvalue weighted by molar-refractivity contribution is 6.03. The number of hydrogen-bond acceptors (Lipinski definition) is 3. The van der Waals surface area contributed by atoms with Crippen LogP contribution < -0.4 is 0 Å². The molecule has 23 heavy (non-hydrogen) atoms. The lowest BCUT2D eigenvalue weighted by atomic mass is 10.0. The molecule has 0 aliphatic rings. The van der Waals surface area contributed by atoms with Crippen molar-refractivity contribution in [2.45, 2.75) is 13.0 Å². The lowest BCUT2D eigenvalue weighted by molar-refractivity contribution is 0.148. The van der Waals surface area contributed by atoms with Crippen LogP contribution in [0.3, 0.4) is 0 Å². The predicted octanol–water partition coefficient (Wildman–Crippen LogP) is 4.03. The Hall–Kier alpha value is -2.88. The summed E-state index contributed by atoms with van der Waals surface area (Å²) in [4.78, 5) is 9.52. The molecule has 4 nitrogen and oxygen atoms in total. The van der Waals surface area contributed by atoms with Crippen LogP contribution in [0.1, 0.15) is 12.0 Å². The monoisotopic (exact) mass is 305 g/mol. The topological polar surface area (TPSA) is 39.4 Å². The van der Waals surface area contributed by atoms with Gasteiger partial charge < -0.3 is 9.40 Å². The van der Waals surface area contributed by atoms with Crippen LogP contribution >= 0.6 is 0 Å². The maximum Gasteiger partial charge on any atom is 0.120 e. The largest absolute Gasteiger partial charge is 0.395 e. The first-order valence-corrected chi connectivity index (χ1v) is 7.61. The SMILES string of the molecule is C=CCCO/N=C(\Cn1ccnc1)c1ccc2ccccc2c1. The van der Waals surface area contributed by atoms with Crippen molar-refractivity contribution in [3.8, 4) is 0 Å². The molecule has 3 aromatic rings. The standard InChI is InChI=1S/C19H19N3O/c1-2-3-12-23-21-19(14-22-11-10-20-15-22)18-9-8-16-6-4-5-7-17(16)13-18/h2,4-11,13,15H,1,3,12,14H2/b21-19+.